The fourth-order valence-corrected chi connectivity index (χ4v) is 4.17. The lowest BCUT2D eigenvalue weighted by Crippen LogP contribution is -2.41. The minimum atomic E-state index is -0.178. The van der Waals surface area contributed by atoms with Crippen LogP contribution in [0.3, 0.4) is 0 Å². The quantitative estimate of drug-likeness (QED) is 0.422. The van der Waals surface area contributed by atoms with Crippen molar-refractivity contribution in [2.75, 3.05) is 13.6 Å². The number of carbonyl (C=O) groups is 2. The van der Waals surface area contributed by atoms with Crippen molar-refractivity contribution in [3.05, 3.63) is 47.2 Å². The Morgan fingerprint density at radius 1 is 1.27 bits per heavy atom. The molecule has 156 valence electrons. The topological polar surface area (TPSA) is 107 Å². The number of aromatic amines is 2. The smallest absolute Gasteiger partial charge is 0.270 e. The lowest BCUT2D eigenvalue weighted by atomic mass is 10.00. The molecule has 0 bridgehead atoms. The first-order chi connectivity index (χ1) is 14.4. The molecule has 0 radical (unpaired) electrons. The summed E-state index contributed by atoms with van der Waals surface area (Å²) in [4.78, 5) is 34.5. The molecule has 3 N–H and O–H groups in total. The molecular formula is C21H24N6O2S. The first-order valence-electron chi connectivity index (χ1n) is 9.84. The van der Waals surface area contributed by atoms with E-state index in [1.807, 2.05) is 17.5 Å². The van der Waals surface area contributed by atoms with Crippen molar-refractivity contribution in [2.45, 2.75) is 26.3 Å². The second-order valence-corrected chi connectivity index (χ2v) is 8.70. The molecule has 30 heavy (non-hydrogen) atoms. The van der Waals surface area contributed by atoms with Crippen LogP contribution in [0.25, 0.3) is 21.3 Å². The van der Waals surface area contributed by atoms with Crippen LogP contribution in [0.2, 0.25) is 0 Å². The molecular weight excluding hydrogens is 400 g/mol. The van der Waals surface area contributed by atoms with E-state index in [9.17, 15) is 9.59 Å². The molecule has 2 amide bonds. The maximum atomic E-state index is 12.7. The van der Waals surface area contributed by atoms with Crippen molar-refractivity contribution in [2.24, 2.45) is 5.92 Å². The van der Waals surface area contributed by atoms with E-state index in [1.165, 1.54) is 0 Å². The maximum Gasteiger partial charge on any atom is 0.270 e. The van der Waals surface area contributed by atoms with Gasteiger partial charge < -0.3 is 15.2 Å². The molecule has 0 fully saturated rings. The third kappa shape index (κ3) is 4.06. The Morgan fingerprint density at radius 3 is 2.87 bits per heavy atom. The highest BCUT2D eigenvalue weighted by molar-refractivity contribution is 7.17. The zero-order chi connectivity index (χ0) is 21.3. The first kappa shape index (κ1) is 20.1. The lowest BCUT2D eigenvalue weighted by Gasteiger charge is -2.25. The van der Waals surface area contributed by atoms with Crippen LogP contribution in [0.1, 0.15) is 41.1 Å². The number of nitrogens with zero attached hydrogens (tertiary/aromatic N) is 3. The highest BCUT2D eigenvalue weighted by atomic mass is 32.1. The number of fused-ring (bicyclic) bond motifs is 2. The van der Waals surface area contributed by atoms with Gasteiger partial charge in [0.15, 0.2) is 5.65 Å². The highest BCUT2D eigenvalue weighted by Gasteiger charge is 2.21. The van der Waals surface area contributed by atoms with E-state index in [2.05, 4.69) is 39.3 Å². The summed E-state index contributed by atoms with van der Waals surface area (Å²) >= 11 is 1.60. The molecule has 4 aromatic rings. The van der Waals surface area contributed by atoms with E-state index in [0.29, 0.717) is 29.9 Å². The van der Waals surface area contributed by atoms with Crippen molar-refractivity contribution in [3.8, 4) is 0 Å². The van der Waals surface area contributed by atoms with Crippen molar-refractivity contribution >= 4 is 44.4 Å². The maximum absolute atomic E-state index is 12.7. The third-order valence-electron chi connectivity index (χ3n) is 5.27. The summed E-state index contributed by atoms with van der Waals surface area (Å²) in [5.74, 6) is -0.0105. The number of thiophene rings is 1. The fraction of sp³-hybridized carbons (Fsp3) is 0.333. The molecule has 0 spiro atoms. The molecule has 4 aromatic heterocycles. The molecule has 0 aliphatic carbocycles. The van der Waals surface area contributed by atoms with Crippen LogP contribution < -0.4 is 5.32 Å². The van der Waals surface area contributed by atoms with Gasteiger partial charge in [0.1, 0.15) is 5.69 Å². The summed E-state index contributed by atoms with van der Waals surface area (Å²) in [6.45, 7) is 4.65. The minimum Gasteiger partial charge on any atom is -0.350 e. The Morgan fingerprint density at radius 2 is 2.10 bits per heavy atom. The van der Waals surface area contributed by atoms with Gasteiger partial charge in [-0.2, -0.15) is 5.10 Å². The van der Waals surface area contributed by atoms with Gasteiger partial charge in [-0.3, -0.25) is 14.7 Å². The zero-order valence-corrected chi connectivity index (χ0v) is 17.9. The van der Waals surface area contributed by atoms with E-state index in [0.717, 1.165) is 15.6 Å². The number of nitrogens with one attached hydrogen (secondary N) is 3. The molecule has 9 heteroatoms. The Labute approximate surface area is 177 Å². The Bertz CT molecular complexity index is 1160. The second-order valence-electron chi connectivity index (χ2n) is 7.75. The summed E-state index contributed by atoms with van der Waals surface area (Å²) in [5, 5.41) is 12.6. The van der Waals surface area contributed by atoms with Crippen LogP contribution in [-0.4, -0.2) is 56.5 Å². The number of amides is 2. The second kappa shape index (κ2) is 8.27. The summed E-state index contributed by atoms with van der Waals surface area (Å²) in [5.41, 5.74) is 2.71. The predicted octanol–water partition coefficient (Wildman–Crippen LogP) is 3.42. The van der Waals surface area contributed by atoms with E-state index in [4.69, 9.17) is 0 Å². The largest absolute Gasteiger partial charge is 0.350 e. The van der Waals surface area contributed by atoms with Gasteiger partial charge >= 0.3 is 0 Å². The van der Waals surface area contributed by atoms with Gasteiger partial charge in [-0.1, -0.05) is 13.8 Å². The van der Waals surface area contributed by atoms with Crippen LogP contribution in [0, 0.1) is 5.92 Å². The number of rotatable bonds is 7. The van der Waals surface area contributed by atoms with Crippen molar-refractivity contribution in [1.82, 2.24) is 30.4 Å². The van der Waals surface area contributed by atoms with Gasteiger partial charge in [0.2, 0.25) is 0 Å². The summed E-state index contributed by atoms with van der Waals surface area (Å²) in [6.07, 6.45) is 3.84. The number of H-pyrrole nitrogens is 2. The third-order valence-corrected chi connectivity index (χ3v) is 6.13. The number of hydrogen-bond acceptors (Lipinski definition) is 5. The molecule has 4 heterocycles. The normalized spacial score (nSPS) is 12.5. The Kier molecular flexibility index (Phi) is 5.54. The molecule has 4 rings (SSSR count). The lowest BCUT2D eigenvalue weighted by molar-refractivity contribution is 0.0779. The average Bonchev–Trinajstić information content (AvgIpc) is 3.44. The van der Waals surface area contributed by atoms with Gasteiger partial charge in [-0.15, -0.1) is 11.3 Å². The molecule has 0 aliphatic rings. The van der Waals surface area contributed by atoms with Crippen molar-refractivity contribution < 1.29 is 9.59 Å². The van der Waals surface area contributed by atoms with Gasteiger partial charge in [-0.05, 0) is 35.9 Å². The van der Waals surface area contributed by atoms with Gasteiger partial charge in [0.25, 0.3) is 11.8 Å². The van der Waals surface area contributed by atoms with E-state index in [-0.39, 0.29) is 23.8 Å². The van der Waals surface area contributed by atoms with Crippen LogP contribution in [0.15, 0.2) is 36.0 Å². The number of aromatic nitrogens is 4. The average molecular weight is 425 g/mol. The number of hydrogen-bond donors (Lipinski definition) is 3. The van der Waals surface area contributed by atoms with Crippen LogP contribution in [0.4, 0.5) is 0 Å². The van der Waals surface area contributed by atoms with Crippen molar-refractivity contribution in [1.29, 1.82) is 0 Å². The standard InChI is InChI=1S/C21H24N6O2S/c1-12(2)15(25-20(28)14-8-13-11-23-26-19(13)22-10-14)4-6-27(3)21(29)17-9-18-16(24-17)5-7-30-18/h5,7-12,15,24H,4,6H2,1-3H3,(H,25,28)(H,22,23,26). The zero-order valence-electron chi connectivity index (χ0n) is 17.1. The Balaban J connectivity index is 1.38. The molecule has 0 aliphatic heterocycles. The summed E-state index contributed by atoms with van der Waals surface area (Å²) in [6, 6.07) is 5.56. The number of pyridine rings is 1. The number of carbonyl (C=O) groups excluding carboxylic acids is 2. The van der Waals surface area contributed by atoms with Crippen LogP contribution >= 0.6 is 11.3 Å². The van der Waals surface area contributed by atoms with Crippen LogP contribution in [0.5, 0.6) is 0 Å². The van der Waals surface area contributed by atoms with Gasteiger partial charge in [0.05, 0.1) is 22.0 Å². The monoisotopic (exact) mass is 424 g/mol. The van der Waals surface area contributed by atoms with E-state index >= 15 is 0 Å². The van der Waals surface area contributed by atoms with E-state index in [1.54, 1.807) is 41.7 Å². The summed E-state index contributed by atoms with van der Waals surface area (Å²) < 4.78 is 1.07. The predicted molar refractivity (Wildman–Crippen MR) is 118 cm³/mol. The molecule has 8 nitrogen and oxygen atoms in total. The highest BCUT2D eigenvalue weighted by Crippen LogP contribution is 2.22. The fourth-order valence-electron chi connectivity index (χ4n) is 3.39. The van der Waals surface area contributed by atoms with E-state index < -0.39 is 0 Å². The summed E-state index contributed by atoms with van der Waals surface area (Å²) in [7, 11) is 1.78. The van der Waals surface area contributed by atoms with Gasteiger partial charge in [-0.25, -0.2) is 4.98 Å². The van der Waals surface area contributed by atoms with Gasteiger partial charge in [0, 0.05) is 31.2 Å². The molecule has 1 atom stereocenters. The SMILES string of the molecule is CC(C)C(CCN(C)C(=O)c1cc2sccc2[nH]1)NC(=O)c1cnc2[nH]ncc2c1. The molecule has 0 saturated carbocycles. The Hall–Kier alpha value is -3.20. The van der Waals surface area contributed by atoms with Crippen molar-refractivity contribution in [3.63, 3.8) is 0 Å². The first-order valence-corrected chi connectivity index (χ1v) is 10.7. The molecule has 0 saturated heterocycles. The molecule has 1 unspecified atom stereocenters. The molecule has 0 aromatic carbocycles. The van der Waals surface area contributed by atoms with Crippen LogP contribution in [-0.2, 0) is 0 Å². The minimum absolute atomic E-state index is 0.0538.